The first kappa shape index (κ1) is 16.1. The molecule has 1 aromatic carbocycles. The van der Waals surface area contributed by atoms with Crippen LogP contribution in [-0.4, -0.2) is 16.1 Å². The van der Waals surface area contributed by atoms with Gasteiger partial charge in [0.25, 0.3) is 0 Å². The minimum Gasteiger partial charge on any atom is -0.474 e. The van der Waals surface area contributed by atoms with Gasteiger partial charge < -0.3 is 10.1 Å². The van der Waals surface area contributed by atoms with Crippen molar-refractivity contribution in [1.29, 1.82) is 0 Å². The smallest absolute Gasteiger partial charge is 0.423 e. The maximum atomic E-state index is 13.0. The second-order valence-corrected chi connectivity index (χ2v) is 4.74. The fourth-order valence-electron chi connectivity index (χ4n) is 1.64. The number of aromatic nitrogens is 2. The van der Waals surface area contributed by atoms with Crippen LogP contribution in [0.4, 0.5) is 24.8 Å². The maximum absolute atomic E-state index is 13.0. The highest BCUT2D eigenvalue weighted by Crippen LogP contribution is 2.35. The van der Waals surface area contributed by atoms with Crippen molar-refractivity contribution in [1.82, 2.24) is 9.97 Å². The molecule has 1 atom stereocenters. The molecule has 0 fully saturated rings. The summed E-state index contributed by atoms with van der Waals surface area (Å²) in [7, 11) is 0. The van der Waals surface area contributed by atoms with Gasteiger partial charge >= 0.3 is 6.18 Å². The van der Waals surface area contributed by atoms with Gasteiger partial charge in [-0.15, -0.1) is 0 Å². The monoisotopic (exact) mass is 311 g/mol. The lowest BCUT2D eigenvalue weighted by Gasteiger charge is -2.17. The first-order valence-electron chi connectivity index (χ1n) is 6.83. The molecule has 0 spiro atoms. The number of rotatable bonds is 5. The van der Waals surface area contributed by atoms with Crippen LogP contribution in [0.15, 0.2) is 36.5 Å². The van der Waals surface area contributed by atoms with Crippen molar-refractivity contribution in [2.24, 2.45) is 0 Å². The average molecular weight is 311 g/mol. The number of nitrogens with zero attached hydrogens (tertiary/aromatic N) is 2. The molecule has 0 aliphatic rings. The van der Waals surface area contributed by atoms with E-state index in [0.29, 0.717) is 12.1 Å². The highest BCUT2D eigenvalue weighted by molar-refractivity contribution is 5.53. The Kier molecular flexibility index (Phi) is 4.85. The number of para-hydroxylation sites is 1. The van der Waals surface area contributed by atoms with Gasteiger partial charge in [0, 0.05) is 11.9 Å². The predicted molar refractivity (Wildman–Crippen MR) is 77.1 cm³/mol. The number of anilines is 2. The van der Waals surface area contributed by atoms with Crippen molar-refractivity contribution < 1.29 is 17.9 Å². The van der Waals surface area contributed by atoms with Crippen LogP contribution in [0.1, 0.15) is 25.8 Å². The van der Waals surface area contributed by atoms with Crippen LogP contribution in [0.3, 0.4) is 0 Å². The van der Waals surface area contributed by atoms with Gasteiger partial charge in [0.1, 0.15) is 5.56 Å². The van der Waals surface area contributed by atoms with E-state index in [2.05, 4.69) is 15.3 Å². The lowest BCUT2D eigenvalue weighted by molar-refractivity contribution is -0.139. The number of alkyl halides is 3. The molecule has 0 aliphatic heterocycles. The number of hydrogen-bond acceptors (Lipinski definition) is 4. The van der Waals surface area contributed by atoms with Crippen LogP contribution in [0.25, 0.3) is 0 Å². The molecule has 0 saturated carbocycles. The molecule has 0 aliphatic carbocycles. The van der Waals surface area contributed by atoms with Gasteiger partial charge in [0.2, 0.25) is 11.8 Å². The van der Waals surface area contributed by atoms with Crippen molar-refractivity contribution in [2.45, 2.75) is 32.5 Å². The zero-order valence-corrected chi connectivity index (χ0v) is 12.2. The predicted octanol–water partition coefficient (Wildman–Crippen LogP) is 4.42. The maximum Gasteiger partial charge on any atom is 0.423 e. The lowest BCUT2D eigenvalue weighted by Crippen LogP contribution is -2.17. The zero-order valence-electron chi connectivity index (χ0n) is 12.2. The molecule has 1 heterocycles. The van der Waals surface area contributed by atoms with Crippen LogP contribution in [0, 0.1) is 0 Å². The van der Waals surface area contributed by atoms with E-state index in [1.807, 2.05) is 13.0 Å². The van der Waals surface area contributed by atoms with E-state index in [1.165, 1.54) is 0 Å². The molecule has 2 rings (SSSR count). The Morgan fingerprint density at radius 1 is 1.23 bits per heavy atom. The van der Waals surface area contributed by atoms with Crippen molar-refractivity contribution in [3.63, 3.8) is 0 Å². The van der Waals surface area contributed by atoms with Gasteiger partial charge in [0.05, 0.1) is 6.10 Å². The molecular formula is C15H16F3N3O. The molecule has 2 aromatic rings. The lowest BCUT2D eigenvalue weighted by atomic mass is 10.3. The number of benzene rings is 1. The summed E-state index contributed by atoms with van der Waals surface area (Å²) in [5, 5.41) is 2.84. The normalized spacial score (nSPS) is 12.8. The van der Waals surface area contributed by atoms with E-state index < -0.39 is 17.6 Å². The molecule has 4 nitrogen and oxygen atoms in total. The molecule has 1 unspecified atom stereocenters. The van der Waals surface area contributed by atoms with E-state index in [4.69, 9.17) is 4.74 Å². The molecule has 0 radical (unpaired) electrons. The van der Waals surface area contributed by atoms with E-state index in [9.17, 15) is 13.2 Å². The molecule has 1 N–H and O–H groups in total. The molecular weight excluding hydrogens is 295 g/mol. The van der Waals surface area contributed by atoms with Crippen LogP contribution < -0.4 is 10.1 Å². The molecule has 0 amide bonds. The first-order valence-corrected chi connectivity index (χ1v) is 6.83. The Morgan fingerprint density at radius 3 is 2.50 bits per heavy atom. The Hall–Kier alpha value is -2.31. The Morgan fingerprint density at radius 2 is 1.91 bits per heavy atom. The van der Waals surface area contributed by atoms with Gasteiger partial charge in [-0.3, -0.25) is 0 Å². The van der Waals surface area contributed by atoms with Crippen molar-refractivity contribution in [3.05, 3.63) is 42.1 Å². The van der Waals surface area contributed by atoms with Crippen molar-refractivity contribution >= 4 is 11.6 Å². The third-order valence-corrected chi connectivity index (χ3v) is 2.98. The molecule has 118 valence electrons. The zero-order chi connectivity index (χ0) is 16.2. The highest BCUT2D eigenvalue weighted by atomic mass is 19.4. The summed E-state index contributed by atoms with van der Waals surface area (Å²) in [4.78, 5) is 7.57. The average Bonchev–Trinajstić information content (AvgIpc) is 2.47. The number of halogens is 3. The third-order valence-electron chi connectivity index (χ3n) is 2.98. The minimum absolute atomic E-state index is 0.0532. The standard InChI is InChI=1S/C15H16F3N3O/c1-3-10(2)22-13-12(15(16,17)18)9-19-14(21-13)20-11-7-5-4-6-8-11/h4-10H,3H2,1-2H3,(H,19,20,21). The summed E-state index contributed by atoms with van der Waals surface area (Å²) in [6, 6.07) is 8.94. The summed E-state index contributed by atoms with van der Waals surface area (Å²) in [5.74, 6) is -0.409. The molecule has 0 bridgehead atoms. The second-order valence-electron chi connectivity index (χ2n) is 4.74. The highest BCUT2D eigenvalue weighted by Gasteiger charge is 2.36. The fraction of sp³-hybridized carbons (Fsp3) is 0.333. The van der Waals surface area contributed by atoms with E-state index >= 15 is 0 Å². The largest absolute Gasteiger partial charge is 0.474 e. The molecule has 0 saturated heterocycles. The molecule has 7 heteroatoms. The molecule has 22 heavy (non-hydrogen) atoms. The van der Waals surface area contributed by atoms with E-state index in [0.717, 1.165) is 6.20 Å². The SMILES string of the molecule is CCC(C)Oc1nc(Nc2ccccc2)ncc1C(F)(F)F. The summed E-state index contributed by atoms with van der Waals surface area (Å²) in [5.41, 5.74) is -0.303. The third kappa shape index (κ3) is 4.09. The number of hydrogen-bond donors (Lipinski definition) is 1. The van der Waals surface area contributed by atoms with Crippen LogP contribution in [0.2, 0.25) is 0 Å². The van der Waals surface area contributed by atoms with Gasteiger partial charge in [-0.1, -0.05) is 25.1 Å². The first-order chi connectivity index (χ1) is 10.4. The van der Waals surface area contributed by atoms with Gasteiger partial charge in [-0.2, -0.15) is 18.2 Å². The minimum atomic E-state index is -4.56. The summed E-state index contributed by atoms with van der Waals surface area (Å²) < 4.78 is 44.2. The quantitative estimate of drug-likeness (QED) is 0.888. The van der Waals surface area contributed by atoms with E-state index in [1.54, 1.807) is 31.2 Å². The van der Waals surface area contributed by atoms with E-state index in [-0.39, 0.29) is 12.1 Å². The summed E-state index contributed by atoms with van der Waals surface area (Å²) in [6.07, 6.45) is -3.63. The Balaban J connectivity index is 2.32. The summed E-state index contributed by atoms with van der Waals surface area (Å²) >= 11 is 0. The number of ether oxygens (including phenoxy) is 1. The van der Waals surface area contributed by atoms with Crippen LogP contribution in [-0.2, 0) is 6.18 Å². The van der Waals surface area contributed by atoms with Crippen molar-refractivity contribution in [2.75, 3.05) is 5.32 Å². The Labute approximate surface area is 126 Å². The van der Waals surface area contributed by atoms with Crippen molar-refractivity contribution in [3.8, 4) is 5.88 Å². The van der Waals surface area contributed by atoms with Gasteiger partial charge in [-0.25, -0.2) is 4.98 Å². The van der Waals surface area contributed by atoms with Gasteiger partial charge in [-0.05, 0) is 25.5 Å². The van der Waals surface area contributed by atoms with Gasteiger partial charge in [0.15, 0.2) is 0 Å². The van der Waals surface area contributed by atoms with Crippen LogP contribution in [0.5, 0.6) is 5.88 Å². The Bertz CT molecular complexity index is 617. The fourth-order valence-corrected chi connectivity index (χ4v) is 1.64. The number of nitrogens with one attached hydrogen (secondary N) is 1. The molecule has 1 aromatic heterocycles. The van der Waals surface area contributed by atoms with Crippen LogP contribution >= 0.6 is 0 Å². The topological polar surface area (TPSA) is 47.0 Å². The second kappa shape index (κ2) is 6.64. The summed E-state index contributed by atoms with van der Waals surface area (Å²) in [6.45, 7) is 3.51.